The van der Waals surface area contributed by atoms with Crippen LogP contribution >= 0.6 is 0 Å². The number of carbonyl (C=O) groups is 1. The summed E-state index contributed by atoms with van der Waals surface area (Å²) >= 11 is 0. The zero-order valence-electron chi connectivity index (χ0n) is 12.7. The Labute approximate surface area is 137 Å². The maximum Gasteiger partial charge on any atom is 0.307 e. The van der Waals surface area contributed by atoms with Crippen LogP contribution in [0.4, 0.5) is 4.39 Å². The number of amides is 1. The Kier molecular flexibility index (Phi) is 3.64. The van der Waals surface area contributed by atoms with Crippen LogP contribution in [-0.2, 0) is 15.6 Å². The zero-order valence-corrected chi connectivity index (χ0v) is 13.6. The van der Waals surface area contributed by atoms with E-state index < -0.39 is 27.5 Å². The summed E-state index contributed by atoms with van der Waals surface area (Å²) < 4.78 is 36.6. The lowest BCUT2D eigenvalue weighted by molar-refractivity contribution is 0.100. The van der Waals surface area contributed by atoms with Gasteiger partial charge in [0.05, 0.1) is 0 Å². The summed E-state index contributed by atoms with van der Waals surface area (Å²) in [5, 5.41) is 0. The van der Waals surface area contributed by atoms with Gasteiger partial charge in [-0.3, -0.25) is 4.79 Å². The molecule has 2 aromatic rings. The predicted molar refractivity (Wildman–Crippen MR) is 88.8 cm³/mol. The van der Waals surface area contributed by atoms with Gasteiger partial charge in [0.2, 0.25) is 0 Å². The van der Waals surface area contributed by atoms with E-state index in [-0.39, 0.29) is 16.2 Å². The Morgan fingerprint density at radius 1 is 1.25 bits per heavy atom. The second kappa shape index (κ2) is 5.41. The minimum absolute atomic E-state index is 0.0837. The Morgan fingerprint density at radius 3 is 2.62 bits per heavy atom. The quantitative estimate of drug-likeness (QED) is 0.462. The van der Waals surface area contributed by atoms with Gasteiger partial charge in [-0.25, -0.2) is 8.60 Å². The molecule has 1 heterocycles. The molecule has 1 atom stereocenters. The average Bonchev–Trinajstić information content (AvgIpc) is 2.46. The van der Waals surface area contributed by atoms with Gasteiger partial charge in [0, 0.05) is 11.1 Å². The number of hydrogen-bond acceptors (Lipinski definition) is 2. The van der Waals surface area contributed by atoms with E-state index in [0.717, 1.165) is 0 Å². The number of hydrogen-bond donors (Lipinski definition) is 2. The summed E-state index contributed by atoms with van der Waals surface area (Å²) in [5.74, 6) is -1.68. The van der Waals surface area contributed by atoms with Crippen LogP contribution in [0.25, 0.3) is 11.1 Å². The van der Waals surface area contributed by atoms with Crippen molar-refractivity contribution in [1.82, 2.24) is 0 Å². The van der Waals surface area contributed by atoms with Gasteiger partial charge in [-0.2, -0.15) is 9.20 Å². The fraction of sp³-hybridized carbons (Fsp3) is 0.125. The molecule has 24 heavy (non-hydrogen) atoms. The second-order valence-corrected chi connectivity index (χ2v) is 7.60. The SMILES string of the molecule is Cc1cc2c(cc1C(=O)N=C(N)N)S(=O)(=[OH+])Cc1ccc(F)cc1-2. The molecule has 0 bridgehead atoms. The molecule has 1 amide bonds. The standard InChI is InChI=1S/C16H14FN3O3S/c1-8-4-13-12-5-10(17)3-2-9(12)7-24(22,23)14(13)6-11(8)15(21)20-16(18)19/h2-6H,7H2,1H3,(H4,18,19,20,21)/p+1. The van der Waals surface area contributed by atoms with Gasteiger partial charge in [0.25, 0.3) is 5.91 Å². The monoisotopic (exact) mass is 348 g/mol. The van der Waals surface area contributed by atoms with Crippen LogP contribution in [0.5, 0.6) is 0 Å². The highest BCUT2D eigenvalue weighted by molar-refractivity contribution is 7.91. The average molecular weight is 348 g/mol. The molecule has 5 N–H and O–H groups in total. The maximum atomic E-state index is 13.6. The van der Waals surface area contributed by atoms with E-state index in [2.05, 4.69) is 4.99 Å². The van der Waals surface area contributed by atoms with Crippen molar-refractivity contribution >= 4 is 21.7 Å². The molecule has 8 heteroatoms. The number of aliphatic imine (C=N–C) groups is 1. The van der Waals surface area contributed by atoms with Crippen molar-refractivity contribution in [3.05, 3.63) is 52.8 Å². The molecule has 6 nitrogen and oxygen atoms in total. The summed E-state index contributed by atoms with van der Waals surface area (Å²) in [5.41, 5.74) is 12.6. The molecular weight excluding hydrogens is 333 g/mol. The van der Waals surface area contributed by atoms with Crippen LogP contribution in [0.15, 0.2) is 40.2 Å². The lowest BCUT2D eigenvalue weighted by Crippen LogP contribution is -2.24. The zero-order chi connectivity index (χ0) is 17.6. The molecule has 124 valence electrons. The molecule has 0 saturated carbocycles. The largest absolute Gasteiger partial charge is 0.370 e. The van der Waals surface area contributed by atoms with Gasteiger partial charge in [0.1, 0.15) is 16.5 Å². The molecule has 0 aliphatic carbocycles. The highest BCUT2D eigenvalue weighted by atomic mass is 32.2. The molecule has 0 saturated heterocycles. The Hall–Kier alpha value is -2.74. The van der Waals surface area contributed by atoms with Crippen molar-refractivity contribution in [3.63, 3.8) is 0 Å². The van der Waals surface area contributed by atoms with Gasteiger partial charge in [0.15, 0.2) is 5.96 Å². The number of fused-ring (bicyclic) bond motifs is 3. The first-order chi connectivity index (χ1) is 11.2. The first-order valence-electron chi connectivity index (χ1n) is 7.01. The second-order valence-electron chi connectivity index (χ2n) is 5.59. The van der Waals surface area contributed by atoms with E-state index in [1.165, 1.54) is 24.3 Å². The smallest absolute Gasteiger partial charge is 0.307 e. The molecule has 2 aromatic carbocycles. The van der Waals surface area contributed by atoms with E-state index in [1.54, 1.807) is 13.0 Å². The van der Waals surface area contributed by atoms with Crippen LogP contribution in [0.1, 0.15) is 21.5 Å². The first kappa shape index (κ1) is 16.1. The topological polar surface area (TPSA) is 120 Å². The van der Waals surface area contributed by atoms with Crippen LogP contribution in [-0.4, -0.2) is 20.3 Å². The third-order valence-electron chi connectivity index (χ3n) is 3.84. The highest BCUT2D eigenvalue weighted by Gasteiger charge is 2.34. The van der Waals surface area contributed by atoms with Crippen LogP contribution in [0.3, 0.4) is 0 Å². The summed E-state index contributed by atoms with van der Waals surface area (Å²) in [7, 11) is -3.41. The summed E-state index contributed by atoms with van der Waals surface area (Å²) in [6.45, 7) is 1.66. The molecule has 1 aliphatic rings. The van der Waals surface area contributed by atoms with E-state index in [9.17, 15) is 17.6 Å². The fourth-order valence-corrected chi connectivity index (χ4v) is 4.43. The number of nitrogens with two attached hydrogens (primary N) is 2. The lowest BCUT2D eigenvalue weighted by Gasteiger charge is -2.19. The Balaban J connectivity index is 2.30. The number of aryl methyl sites for hydroxylation is 1. The minimum atomic E-state index is -3.41. The highest BCUT2D eigenvalue weighted by Crippen LogP contribution is 2.39. The van der Waals surface area contributed by atoms with Crippen molar-refractivity contribution in [3.8, 4) is 11.1 Å². The van der Waals surface area contributed by atoms with Crippen molar-refractivity contribution in [2.24, 2.45) is 16.5 Å². The van der Waals surface area contributed by atoms with Crippen LogP contribution < -0.4 is 11.5 Å². The summed E-state index contributed by atoms with van der Waals surface area (Å²) in [4.78, 5) is 15.6. The summed E-state index contributed by atoms with van der Waals surface area (Å²) in [6, 6.07) is 6.97. The number of benzene rings is 2. The molecule has 1 unspecified atom stereocenters. The first-order valence-corrected chi connectivity index (χ1v) is 8.69. The maximum absolute atomic E-state index is 13.6. The van der Waals surface area contributed by atoms with E-state index in [1.807, 2.05) is 0 Å². The van der Waals surface area contributed by atoms with Crippen LogP contribution in [0.2, 0.25) is 0 Å². The number of nitrogens with zero attached hydrogens (tertiary/aromatic N) is 1. The Morgan fingerprint density at radius 2 is 1.96 bits per heavy atom. The molecule has 3 rings (SSSR count). The number of guanidine groups is 1. The minimum Gasteiger partial charge on any atom is -0.370 e. The van der Waals surface area contributed by atoms with Crippen molar-refractivity contribution in [2.75, 3.05) is 0 Å². The van der Waals surface area contributed by atoms with Crippen molar-refractivity contribution in [1.29, 1.82) is 0 Å². The molecule has 0 spiro atoms. The van der Waals surface area contributed by atoms with Gasteiger partial charge in [-0.1, -0.05) is 6.07 Å². The third kappa shape index (κ3) is 2.65. The van der Waals surface area contributed by atoms with Crippen molar-refractivity contribution in [2.45, 2.75) is 17.6 Å². The van der Waals surface area contributed by atoms with E-state index in [4.69, 9.17) is 11.5 Å². The fourth-order valence-electron chi connectivity index (χ4n) is 2.78. The van der Waals surface area contributed by atoms with Crippen molar-refractivity contribution < 1.29 is 17.6 Å². The molecule has 0 fully saturated rings. The number of rotatable bonds is 1. The number of halogens is 1. The normalized spacial score (nSPS) is 18.4. The predicted octanol–water partition coefficient (Wildman–Crippen LogP) is 1.66. The third-order valence-corrected chi connectivity index (χ3v) is 5.57. The Bertz CT molecular complexity index is 1010. The number of carbonyl (C=O) groups excluding carboxylic acids is 1. The lowest BCUT2D eigenvalue weighted by atomic mass is 9.96. The van der Waals surface area contributed by atoms with Gasteiger partial charge in [-0.15, -0.1) is 0 Å². The molecule has 1 aliphatic heterocycles. The summed E-state index contributed by atoms with van der Waals surface area (Å²) in [6.07, 6.45) is 0. The van der Waals surface area contributed by atoms with Gasteiger partial charge < -0.3 is 11.5 Å². The molecule has 0 radical (unpaired) electrons. The van der Waals surface area contributed by atoms with Crippen LogP contribution in [0, 0.1) is 12.7 Å². The molecule has 0 aromatic heterocycles. The van der Waals surface area contributed by atoms with Gasteiger partial charge >= 0.3 is 9.84 Å². The van der Waals surface area contributed by atoms with E-state index in [0.29, 0.717) is 22.3 Å². The van der Waals surface area contributed by atoms with Gasteiger partial charge in [-0.05, 0) is 47.9 Å². The van der Waals surface area contributed by atoms with E-state index >= 15 is 0 Å². The molecular formula is C16H15FN3O3S+.